The molecule has 0 bridgehead atoms. The Morgan fingerprint density at radius 3 is 2.77 bits per heavy atom. The maximum atomic E-state index is 12.8. The number of piperidine rings is 1. The number of carbonyl (C=O) groups excluding carboxylic acids is 1. The molecule has 0 atom stereocenters. The van der Waals surface area contributed by atoms with Gasteiger partial charge in [-0.15, -0.1) is 0 Å². The number of oxazole rings is 1. The number of nitrogens with zero attached hydrogens (tertiary/aromatic N) is 2. The van der Waals surface area contributed by atoms with Crippen molar-refractivity contribution in [3.8, 4) is 11.3 Å². The average molecular weight is 426 g/mol. The number of amides is 1. The van der Waals surface area contributed by atoms with E-state index >= 15 is 0 Å². The Hall–Kier alpha value is -2.83. The minimum absolute atomic E-state index is 0.0226. The highest BCUT2D eigenvalue weighted by atomic mass is 35.5. The Balaban J connectivity index is 1.38. The monoisotopic (exact) mass is 425 g/mol. The number of rotatable bonds is 6. The Morgan fingerprint density at radius 2 is 2.00 bits per heavy atom. The zero-order valence-electron chi connectivity index (χ0n) is 16.6. The maximum Gasteiger partial charge on any atom is 0.253 e. The summed E-state index contributed by atoms with van der Waals surface area (Å²) in [5.74, 6) is 1.53. The first-order valence-electron chi connectivity index (χ1n) is 10.1. The zero-order chi connectivity index (χ0) is 20.9. The molecule has 4 rings (SSSR count). The lowest BCUT2D eigenvalue weighted by molar-refractivity contribution is 0.0651. The van der Waals surface area contributed by atoms with Gasteiger partial charge in [-0.3, -0.25) is 4.79 Å². The van der Waals surface area contributed by atoms with E-state index in [2.05, 4.69) is 10.3 Å². The molecule has 7 heteroatoms. The van der Waals surface area contributed by atoms with Crippen LogP contribution in [-0.2, 0) is 6.54 Å². The van der Waals surface area contributed by atoms with Gasteiger partial charge in [0.15, 0.2) is 5.76 Å². The van der Waals surface area contributed by atoms with E-state index in [9.17, 15) is 9.90 Å². The van der Waals surface area contributed by atoms with E-state index in [0.29, 0.717) is 47.8 Å². The van der Waals surface area contributed by atoms with Gasteiger partial charge in [0.1, 0.15) is 0 Å². The first kappa shape index (κ1) is 20.4. The van der Waals surface area contributed by atoms with Gasteiger partial charge in [0, 0.05) is 41.5 Å². The molecule has 0 spiro atoms. The minimum atomic E-state index is 0.0226. The van der Waals surface area contributed by atoms with E-state index in [4.69, 9.17) is 16.0 Å². The third kappa shape index (κ3) is 4.83. The number of likely N-dealkylation sites (tertiary alicyclic amines) is 1. The van der Waals surface area contributed by atoms with Crippen LogP contribution < -0.4 is 5.32 Å². The molecule has 1 aromatic heterocycles. The second-order valence-electron chi connectivity index (χ2n) is 7.48. The second kappa shape index (κ2) is 9.32. The van der Waals surface area contributed by atoms with Crippen molar-refractivity contribution in [2.24, 2.45) is 5.92 Å². The van der Waals surface area contributed by atoms with Crippen molar-refractivity contribution in [1.29, 1.82) is 0 Å². The van der Waals surface area contributed by atoms with E-state index in [0.717, 1.165) is 24.1 Å². The van der Waals surface area contributed by atoms with Crippen LogP contribution in [0, 0.1) is 5.92 Å². The molecule has 30 heavy (non-hydrogen) atoms. The molecule has 1 aliphatic heterocycles. The lowest BCUT2D eigenvalue weighted by Crippen LogP contribution is -2.39. The molecule has 1 saturated heterocycles. The maximum absolute atomic E-state index is 12.8. The first-order valence-corrected chi connectivity index (χ1v) is 10.4. The fourth-order valence-corrected chi connectivity index (χ4v) is 3.80. The van der Waals surface area contributed by atoms with Crippen LogP contribution in [0.25, 0.3) is 11.3 Å². The molecular formula is C23H24ClN3O3. The van der Waals surface area contributed by atoms with Crippen molar-refractivity contribution in [3.05, 3.63) is 71.2 Å². The van der Waals surface area contributed by atoms with E-state index in [1.165, 1.54) is 0 Å². The largest absolute Gasteiger partial charge is 0.439 e. The molecule has 2 aromatic carbocycles. The Kier molecular flexibility index (Phi) is 6.35. The summed E-state index contributed by atoms with van der Waals surface area (Å²) in [5, 5.41) is 13.2. The van der Waals surface area contributed by atoms with E-state index < -0.39 is 0 Å². The number of carbonyl (C=O) groups is 1. The lowest BCUT2D eigenvalue weighted by Gasteiger charge is -2.31. The number of hydrogen-bond donors (Lipinski definition) is 2. The summed E-state index contributed by atoms with van der Waals surface area (Å²) in [6, 6.07) is 14.9. The molecule has 0 unspecified atom stereocenters. The molecule has 1 fully saturated rings. The number of aromatic nitrogens is 1. The third-order valence-electron chi connectivity index (χ3n) is 5.38. The third-order valence-corrected chi connectivity index (χ3v) is 5.61. The molecule has 0 saturated carbocycles. The van der Waals surface area contributed by atoms with E-state index in [1.54, 1.807) is 6.20 Å². The van der Waals surface area contributed by atoms with Crippen LogP contribution in [0.3, 0.4) is 0 Å². The quantitative estimate of drug-likeness (QED) is 0.610. The van der Waals surface area contributed by atoms with Crippen molar-refractivity contribution < 1.29 is 14.3 Å². The summed E-state index contributed by atoms with van der Waals surface area (Å²) in [5.41, 5.74) is 2.35. The summed E-state index contributed by atoms with van der Waals surface area (Å²) < 4.78 is 5.81. The molecule has 1 amide bonds. The molecule has 2 N–H and O–H groups in total. The van der Waals surface area contributed by atoms with Gasteiger partial charge in [-0.05, 0) is 49.1 Å². The number of anilines is 1. The predicted molar refractivity (Wildman–Crippen MR) is 116 cm³/mol. The molecule has 156 valence electrons. The second-order valence-corrected chi connectivity index (χ2v) is 7.92. The standard InChI is InChI=1S/C23H24ClN3O3/c24-19-5-1-3-17(11-19)21-13-26-22(30-21)14-25-20-6-2-4-18(12-20)23(29)27-9-7-16(15-28)8-10-27/h1-6,11-13,16,25,28H,7-10,14-15H2. The Bertz CT molecular complexity index is 1010. The van der Waals surface area contributed by atoms with Crippen LogP contribution in [0.1, 0.15) is 29.1 Å². The summed E-state index contributed by atoms with van der Waals surface area (Å²) in [6.45, 7) is 1.97. The number of hydrogen-bond acceptors (Lipinski definition) is 5. The normalized spacial score (nSPS) is 14.7. The number of nitrogens with one attached hydrogen (secondary N) is 1. The van der Waals surface area contributed by atoms with Gasteiger partial charge in [0.05, 0.1) is 12.7 Å². The Morgan fingerprint density at radius 1 is 1.20 bits per heavy atom. The zero-order valence-corrected chi connectivity index (χ0v) is 17.3. The van der Waals surface area contributed by atoms with Crippen LogP contribution in [0.2, 0.25) is 5.02 Å². The molecule has 1 aliphatic rings. The lowest BCUT2D eigenvalue weighted by atomic mass is 9.97. The van der Waals surface area contributed by atoms with Crippen molar-refractivity contribution in [2.75, 3.05) is 25.0 Å². The van der Waals surface area contributed by atoms with Crippen molar-refractivity contribution in [2.45, 2.75) is 19.4 Å². The van der Waals surface area contributed by atoms with Crippen LogP contribution in [0.15, 0.2) is 59.1 Å². The van der Waals surface area contributed by atoms with Gasteiger partial charge in [0.2, 0.25) is 5.89 Å². The number of aliphatic hydroxyl groups is 1. The van der Waals surface area contributed by atoms with Gasteiger partial charge in [-0.25, -0.2) is 4.98 Å². The summed E-state index contributed by atoms with van der Waals surface area (Å²) >= 11 is 6.04. The molecule has 3 aromatic rings. The van der Waals surface area contributed by atoms with E-state index in [1.807, 2.05) is 53.4 Å². The number of benzene rings is 2. The van der Waals surface area contributed by atoms with Crippen molar-refractivity contribution >= 4 is 23.2 Å². The van der Waals surface area contributed by atoms with Gasteiger partial charge < -0.3 is 19.7 Å². The van der Waals surface area contributed by atoms with Gasteiger partial charge >= 0.3 is 0 Å². The predicted octanol–water partition coefficient (Wildman–Crippen LogP) is 4.45. The SMILES string of the molecule is O=C(c1cccc(NCc2ncc(-c3cccc(Cl)c3)o2)c1)N1CCC(CO)CC1. The van der Waals surface area contributed by atoms with E-state index in [-0.39, 0.29) is 12.5 Å². The van der Waals surface area contributed by atoms with Crippen LogP contribution >= 0.6 is 11.6 Å². The highest BCUT2D eigenvalue weighted by molar-refractivity contribution is 6.30. The summed E-state index contributed by atoms with van der Waals surface area (Å²) in [7, 11) is 0. The van der Waals surface area contributed by atoms with Crippen molar-refractivity contribution in [1.82, 2.24) is 9.88 Å². The van der Waals surface area contributed by atoms with Gasteiger partial charge in [-0.1, -0.05) is 29.8 Å². The highest BCUT2D eigenvalue weighted by Crippen LogP contribution is 2.24. The van der Waals surface area contributed by atoms with Crippen LogP contribution in [0.5, 0.6) is 0 Å². The molecule has 6 nitrogen and oxygen atoms in total. The summed E-state index contributed by atoms with van der Waals surface area (Å²) in [6.07, 6.45) is 3.37. The smallest absolute Gasteiger partial charge is 0.253 e. The fraction of sp³-hybridized carbons (Fsp3) is 0.304. The van der Waals surface area contributed by atoms with Gasteiger partial charge in [-0.2, -0.15) is 0 Å². The Labute approximate surface area is 180 Å². The average Bonchev–Trinajstić information content (AvgIpc) is 3.27. The van der Waals surface area contributed by atoms with Crippen LogP contribution in [0.4, 0.5) is 5.69 Å². The fourth-order valence-electron chi connectivity index (χ4n) is 3.61. The molecular weight excluding hydrogens is 402 g/mol. The van der Waals surface area contributed by atoms with Crippen LogP contribution in [-0.4, -0.2) is 40.6 Å². The molecule has 0 radical (unpaired) electrons. The minimum Gasteiger partial charge on any atom is -0.439 e. The number of halogens is 1. The molecule has 0 aliphatic carbocycles. The summed E-state index contributed by atoms with van der Waals surface area (Å²) in [4.78, 5) is 19.0. The first-order chi connectivity index (χ1) is 14.6. The van der Waals surface area contributed by atoms with Crippen molar-refractivity contribution in [3.63, 3.8) is 0 Å². The number of aliphatic hydroxyl groups excluding tert-OH is 1. The topological polar surface area (TPSA) is 78.6 Å². The molecule has 2 heterocycles. The van der Waals surface area contributed by atoms with Gasteiger partial charge in [0.25, 0.3) is 5.91 Å². The highest BCUT2D eigenvalue weighted by Gasteiger charge is 2.23.